The summed E-state index contributed by atoms with van der Waals surface area (Å²) in [6.45, 7) is 4.67. The number of hydrogen-bond acceptors (Lipinski definition) is 2. The maximum atomic E-state index is 2.60. The molecule has 2 saturated carbocycles. The maximum absolute atomic E-state index is 2.60. The van der Waals surface area contributed by atoms with Crippen molar-refractivity contribution in [1.82, 2.24) is 0 Å². The van der Waals surface area contributed by atoms with Gasteiger partial charge in [0, 0.05) is 33.9 Å². The summed E-state index contributed by atoms with van der Waals surface area (Å²) in [5, 5.41) is 5.58. The van der Waals surface area contributed by atoms with Crippen molar-refractivity contribution in [2.24, 2.45) is 0 Å². The van der Waals surface area contributed by atoms with Crippen molar-refractivity contribution >= 4 is 55.7 Å². The molecule has 0 radical (unpaired) electrons. The van der Waals surface area contributed by atoms with E-state index >= 15 is 0 Å². The first-order chi connectivity index (χ1) is 39.6. The Morgan fingerprint density at radius 1 is 0.300 bits per heavy atom. The minimum absolute atomic E-state index is 0.695. The average Bonchev–Trinajstić information content (AvgIpc) is 3.58. The third kappa shape index (κ3) is 10.4. The molecule has 0 atom stereocenters. The molecule has 9 aromatic carbocycles. The zero-order chi connectivity index (χ0) is 53.8. The fourth-order valence-electron chi connectivity index (χ4n) is 15.6. The lowest BCUT2D eigenvalue weighted by Gasteiger charge is -2.38. The van der Waals surface area contributed by atoms with Crippen LogP contribution in [0.1, 0.15) is 199 Å². The Balaban J connectivity index is 0.978. The lowest BCUT2D eigenvalue weighted by Crippen LogP contribution is -2.21. The quantitative estimate of drug-likeness (QED) is 0.0493. The fourth-order valence-corrected chi connectivity index (χ4v) is 15.6. The van der Waals surface area contributed by atoms with Crippen molar-refractivity contribution in [2.75, 3.05) is 9.80 Å². The number of anilines is 6. The van der Waals surface area contributed by atoms with E-state index < -0.39 is 0 Å². The highest BCUT2D eigenvalue weighted by Crippen LogP contribution is 2.53. The minimum Gasteiger partial charge on any atom is -0.310 e. The van der Waals surface area contributed by atoms with Crippen LogP contribution in [-0.2, 0) is 12.8 Å². The Morgan fingerprint density at radius 2 is 0.662 bits per heavy atom. The molecule has 0 amide bonds. The summed E-state index contributed by atoms with van der Waals surface area (Å²) in [5.74, 6) is 2.86. The van der Waals surface area contributed by atoms with Crippen molar-refractivity contribution < 1.29 is 0 Å². The number of para-hydroxylation sites is 4. The van der Waals surface area contributed by atoms with Crippen LogP contribution in [0.25, 0.3) is 43.8 Å². The van der Waals surface area contributed by atoms with Crippen LogP contribution in [0.3, 0.4) is 0 Å². The standard InChI is InChI=1S/C78H84N2/c1-3-5-7-9-11-19-31-69-70(32-20-12-10-8-6-4-2)76-54-64(80(62-27-17-14-18-28-62)78-34-24-22-30-68(78)60-44-48-66-56-37-41-58(42-38-56)74(66)52-60)46-50-72(76)71-49-45-63(53-75(69)71)79(61-25-15-13-16-26-61)77-33-23-21-29-67(77)59-43-47-65-55-35-39-57(40-36-55)73(65)51-59/h13-18,21-30,33-34,43-58H,3-12,19-20,31-32,35-42H2,1-2H3. The summed E-state index contributed by atoms with van der Waals surface area (Å²) in [6, 6.07) is 70.9. The van der Waals surface area contributed by atoms with Crippen LogP contribution in [0.4, 0.5) is 34.1 Å². The number of rotatable bonds is 22. The number of nitrogens with zero attached hydrogens (tertiary/aromatic N) is 2. The van der Waals surface area contributed by atoms with Crippen LogP contribution >= 0.6 is 0 Å². The Morgan fingerprint density at radius 3 is 1.07 bits per heavy atom. The van der Waals surface area contributed by atoms with E-state index in [1.807, 2.05) is 0 Å². The summed E-state index contributed by atoms with van der Waals surface area (Å²) < 4.78 is 0. The van der Waals surface area contributed by atoms with Crippen molar-refractivity contribution in [3.63, 3.8) is 0 Å². The SMILES string of the molecule is CCCCCCCCc1c(CCCCCCCC)c2cc(N(c3ccccc3)c3ccccc3-c3ccc4c(c3)C3CCC4CC3)ccc2c2ccc(N(c3ccccc3)c3ccccc3-c3ccc4c(c3)C3CCC4CC3)cc12. The molecule has 0 aromatic heterocycles. The van der Waals surface area contributed by atoms with Crippen LogP contribution in [0.2, 0.25) is 0 Å². The van der Waals surface area contributed by atoms with Crippen LogP contribution < -0.4 is 9.80 Å². The minimum atomic E-state index is 0.695. The fraction of sp³-hybridized carbons (Fsp3) is 0.359. The van der Waals surface area contributed by atoms with Crippen molar-refractivity contribution in [3.8, 4) is 22.3 Å². The van der Waals surface area contributed by atoms with Gasteiger partial charge in [-0.1, -0.05) is 199 Å². The highest BCUT2D eigenvalue weighted by molar-refractivity contribution is 6.13. The molecule has 2 heteroatoms. The normalized spacial score (nSPS) is 17.9. The van der Waals surface area contributed by atoms with E-state index in [1.165, 1.54) is 206 Å². The molecule has 15 rings (SSSR count). The average molecular weight is 1050 g/mol. The molecule has 0 spiro atoms. The first-order valence-electron chi connectivity index (χ1n) is 31.8. The van der Waals surface area contributed by atoms with Crippen LogP contribution in [0, 0.1) is 0 Å². The second-order valence-electron chi connectivity index (χ2n) is 24.6. The zero-order valence-corrected chi connectivity index (χ0v) is 48.1. The molecule has 9 aromatic rings. The Bertz CT molecular complexity index is 3340. The highest BCUT2D eigenvalue weighted by Gasteiger charge is 2.35. The molecule has 2 fully saturated rings. The molecule has 6 aliphatic carbocycles. The Kier molecular flexibility index (Phi) is 15.8. The van der Waals surface area contributed by atoms with E-state index in [-0.39, 0.29) is 0 Å². The molecule has 406 valence electrons. The van der Waals surface area contributed by atoms with Gasteiger partial charge in [-0.2, -0.15) is 0 Å². The molecular formula is C78H84N2. The molecule has 80 heavy (non-hydrogen) atoms. The number of unbranched alkanes of at least 4 members (excludes halogenated alkanes) is 10. The number of aryl methyl sites for hydroxylation is 2. The summed E-state index contributed by atoms with van der Waals surface area (Å²) >= 11 is 0. The monoisotopic (exact) mass is 1050 g/mol. The predicted octanol–water partition coefficient (Wildman–Crippen LogP) is 23.6. The van der Waals surface area contributed by atoms with E-state index in [0.29, 0.717) is 11.8 Å². The van der Waals surface area contributed by atoms with Crippen LogP contribution in [0.5, 0.6) is 0 Å². The van der Waals surface area contributed by atoms with Crippen molar-refractivity contribution in [3.05, 3.63) is 215 Å². The predicted molar refractivity (Wildman–Crippen MR) is 344 cm³/mol. The second kappa shape index (κ2) is 24.1. The summed E-state index contributed by atoms with van der Waals surface area (Å²) in [6.07, 6.45) is 28.3. The van der Waals surface area contributed by atoms with Crippen LogP contribution in [-0.4, -0.2) is 0 Å². The van der Waals surface area contributed by atoms with Gasteiger partial charge in [-0.05, 0) is 227 Å². The molecule has 0 N–H and O–H groups in total. The molecule has 0 heterocycles. The van der Waals surface area contributed by atoms with E-state index in [9.17, 15) is 0 Å². The lowest BCUT2D eigenvalue weighted by molar-refractivity contribution is 0.359. The van der Waals surface area contributed by atoms with Crippen LogP contribution in [0.15, 0.2) is 182 Å². The highest BCUT2D eigenvalue weighted by atomic mass is 15.1. The van der Waals surface area contributed by atoms with Crippen molar-refractivity contribution in [2.45, 2.75) is 179 Å². The summed E-state index contributed by atoms with van der Waals surface area (Å²) in [4.78, 5) is 5.13. The number of hydrogen-bond donors (Lipinski definition) is 0. The van der Waals surface area contributed by atoms with Gasteiger partial charge in [-0.15, -0.1) is 0 Å². The molecule has 0 saturated heterocycles. The van der Waals surface area contributed by atoms with Gasteiger partial charge in [-0.25, -0.2) is 0 Å². The van der Waals surface area contributed by atoms with Gasteiger partial charge in [0.25, 0.3) is 0 Å². The lowest BCUT2D eigenvalue weighted by atomic mass is 9.66. The third-order valence-electron chi connectivity index (χ3n) is 19.7. The van der Waals surface area contributed by atoms with Gasteiger partial charge >= 0.3 is 0 Å². The second-order valence-corrected chi connectivity index (χ2v) is 24.6. The van der Waals surface area contributed by atoms with E-state index in [1.54, 1.807) is 33.4 Å². The number of fused-ring (bicyclic) bond motifs is 7. The first kappa shape index (κ1) is 52.5. The molecule has 4 bridgehead atoms. The van der Waals surface area contributed by atoms with Gasteiger partial charge in [0.1, 0.15) is 0 Å². The van der Waals surface area contributed by atoms with E-state index in [2.05, 4.69) is 206 Å². The maximum Gasteiger partial charge on any atom is 0.0540 e. The van der Waals surface area contributed by atoms with E-state index in [4.69, 9.17) is 0 Å². The van der Waals surface area contributed by atoms with Crippen molar-refractivity contribution in [1.29, 1.82) is 0 Å². The number of benzene rings is 9. The molecule has 2 nitrogen and oxygen atoms in total. The van der Waals surface area contributed by atoms with Gasteiger partial charge in [0.2, 0.25) is 0 Å². The largest absolute Gasteiger partial charge is 0.310 e. The Hall–Kier alpha value is -6.90. The third-order valence-corrected chi connectivity index (χ3v) is 19.7. The summed E-state index contributed by atoms with van der Waals surface area (Å²) in [7, 11) is 0. The summed E-state index contributed by atoms with van der Waals surface area (Å²) in [5.41, 5.74) is 22.2. The molecule has 6 aliphatic rings. The zero-order valence-electron chi connectivity index (χ0n) is 48.1. The van der Waals surface area contributed by atoms with Gasteiger partial charge in [-0.3, -0.25) is 0 Å². The first-order valence-corrected chi connectivity index (χ1v) is 31.8. The Labute approximate surface area is 479 Å². The molecule has 0 aliphatic heterocycles. The van der Waals surface area contributed by atoms with Gasteiger partial charge < -0.3 is 9.80 Å². The molecular weight excluding hydrogens is 965 g/mol. The van der Waals surface area contributed by atoms with Gasteiger partial charge in [0.05, 0.1) is 11.4 Å². The molecule has 0 unspecified atom stereocenters. The smallest absolute Gasteiger partial charge is 0.0540 e. The topological polar surface area (TPSA) is 6.48 Å². The van der Waals surface area contributed by atoms with E-state index in [0.717, 1.165) is 24.7 Å². The van der Waals surface area contributed by atoms with Gasteiger partial charge in [0.15, 0.2) is 0 Å².